The number of hydrogen-bond donors (Lipinski definition) is 1. The zero-order chi connectivity index (χ0) is 21.5. The zero-order valence-electron chi connectivity index (χ0n) is 17.4. The van der Waals surface area contributed by atoms with Crippen LogP contribution in [0.3, 0.4) is 0 Å². The molecule has 0 saturated heterocycles. The first-order valence-electron chi connectivity index (χ1n) is 10.0. The van der Waals surface area contributed by atoms with Gasteiger partial charge in [-0.2, -0.15) is 0 Å². The second kappa shape index (κ2) is 7.92. The number of rotatable bonds is 7. The molecule has 1 atom stereocenters. The van der Waals surface area contributed by atoms with Gasteiger partial charge in [0.1, 0.15) is 0 Å². The van der Waals surface area contributed by atoms with E-state index in [1.165, 1.54) is 0 Å². The third-order valence-corrected chi connectivity index (χ3v) is 7.30. The number of aryl methyl sites for hydroxylation is 1. The number of sulfonamides is 1. The molecule has 0 spiro atoms. The summed E-state index contributed by atoms with van der Waals surface area (Å²) in [7, 11) is -0.544. The molecule has 7 nitrogen and oxygen atoms in total. The van der Waals surface area contributed by atoms with Crippen molar-refractivity contribution in [2.75, 3.05) is 32.2 Å². The van der Waals surface area contributed by atoms with E-state index >= 15 is 0 Å². The molecule has 8 heteroatoms. The highest BCUT2D eigenvalue weighted by atomic mass is 32.2. The van der Waals surface area contributed by atoms with Crippen LogP contribution in [0.4, 0.5) is 5.69 Å². The smallest absolute Gasteiger partial charge is 0.240 e. The van der Waals surface area contributed by atoms with E-state index in [1.54, 1.807) is 37.3 Å². The van der Waals surface area contributed by atoms with E-state index < -0.39 is 10.0 Å². The van der Waals surface area contributed by atoms with E-state index in [1.807, 2.05) is 19.1 Å². The van der Waals surface area contributed by atoms with E-state index in [9.17, 15) is 13.2 Å². The molecule has 2 aliphatic rings. The Balaban J connectivity index is 1.52. The summed E-state index contributed by atoms with van der Waals surface area (Å²) in [4.78, 5) is 14.5. The fourth-order valence-corrected chi connectivity index (χ4v) is 5.39. The maximum absolute atomic E-state index is 12.9. The van der Waals surface area contributed by atoms with Gasteiger partial charge in [0.15, 0.2) is 11.5 Å². The second-order valence-electron chi connectivity index (χ2n) is 7.67. The van der Waals surface area contributed by atoms with E-state index in [4.69, 9.17) is 9.47 Å². The lowest BCUT2D eigenvalue weighted by Gasteiger charge is -2.26. The number of anilines is 1. The third-order valence-electron chi connectivity index (χ3n) is 5.86. The Hall–Kier alpha value is -2.58. The van der Waals surface area contributed by atoms with Crippen LogP contribution in [0.1, 0.15) is 36.0 Å². The summed E-state index contributed by atoms with van der Waals surface area (Å²) >= 11 is 0. The van der Waals surface area contributed by atoms with Crippen LogP contribution in [0.15, 0.2) is 35.2 Å². The molecule has 1 N–H and O–H groups in total. The fraction of sp³-hybridized carbons (Fsp3) is 0.409. The topological polar surface area (TPSA) is 84.9 Å². The summed E-state index contributed by atoms with van der Waals surface area (Å²) < 4.78 is 39.1. The summed E-state index contributed by atoms with van der Waals surface area (Å²) in [6.45, 7) is 2.81. The molecule has 0 saturated carbocycles. The van der Waals surface area contributed by atoms with Crippen LogP contribution in [0, 0.1) is 0 Å². The Morgan fingerprint density at radius 2 is 1.90 bits per heavy atom. The fourth-order valence-electron chi connectivity index (χ4n) is 4.27. The first-order valence-corrected chi connectivity index (χ1v) is 11.5. The molecule has 0 aliphatic carbocycles. The van der Waals surface area contributed by atoms with E-state index in [-0.39, 0.29) is 23.3 Å². The average Bonchev–Trinajstić information content (AvgIpc) is 3.00. The van der Waals surface area contributed by atoms with Crippen molar-refractivity contribution in [1.82, 2.24) is 4.72 Å². The quantitative estimate of drug-likeness (QED) is 0.730. The number of carbonyl (C=O) groups is 1. The van der Waals surface area contributed by atoms with E-state index in [0.29, 0.717) is 24.5 Å². The van der Waals surface area contributed by atoms with Gasteiger partial charge in [-0.25, -0.2) is 13.1 Å². The Labute approximate surface area is 177 Å². The molecule has 0 unspecified atom stereocenters. The lowest BCUT2D eigenvalue weighted by molar-refractivity contribution is -0.119. The highest BCUT2D eigenvalue weighted by molar-refractivity contribution is 7.89. The minimum Gasteiger partial charge on any atom is -0.493 e. The lowest BCUT2D eigenvalue weighted by atomic mass is 9.97. The number of amides is 1. The summed E-state index contributed by atoms with van der Waals surface area (Å²) in [6, 6.07) is 8.91. The number of methoxy groups -OCH3 is 2. The van der Waals surface area contributed by atoms with Crippen LogP contribution in [0.2, 0.25) is 0 Å². The number of carbonyl (C=O) groups excluding carboxylic acids is 1. The van der Waals surface area contributed by atoms with Crippen LogP contribution in [-0.4, -0.2) is 41.6 Å². The minimum atomic E-state index is -3.68. The first-order chi connectivity index (χ1) is 14.4. The Morgan fingerprint density at radius 3 is 2.63 bits per heavy atom. The highest BCUT2D eigenvalue weighted by Crippen LogP contribution is 2.43. The molecule has 0 fully saturated rings. The number of ether oxygens (including phenoxy) is 2. The van der Waals surface area contributed by atoms with Crippen molar-refractivity contribution in [2.45, 2.75) is 37.0 Å². The second-order valence-corrected chi connectivity index (χ2v) is 9.44. The Morgan fingerprint density at radius 1 is 1.13 bits per heavy atom. The Kier molecular flexibility index (Phi) is 5.46. The van der Waals surface area contributed by atoms with Crippen molar-refractivity contribution in [1.29, 1.82) is 0 Å². The first kappa shape index (κ1) is 20.7. The van der Waals surface area contributed by atoms with Gasteiger partial charge in [0, 0.05) is 13.1 Å². The predicted octanol–water partition coefficient (Wildman–Crippen LogP) is 2.62. The molecule has 4 rings (SSSR count). The lowest BCUT2D eigenvalue weighted by Crippen LogP contribution is -2.32. The summed E-state index contributed by atoms with van der Waals surface area (Å²) in [5.41, 5.74) is 3.62. The molecule has 30 heavy (non-hydrogen) atoms. The Bertz CT molecular complexity index is 1100. The normalized spacial score (nSPS) is 17.8. The third kappa shape index (κ3) is 3.54. The van der Waals surface area contributed by atoms with Crippen molar-refractivity contribution < 1.29 is 22.7 Å². The maximum Gasteiger partial charge on any atom is 0.240 e. The van der Waals surface area contributed by atoms with Crippen LogP contribution in [0.25, 0.3) is 0 Å². The van der Waals surface area contributed by atoms with Gasteiger partial charge >= 0.3 is 0 Å². The van der Waals surface area contributed by atoms with Gasteiger partial charge in [0.25, 0.3) is 0 Å². The van der Waals surface area contributed by atoms with Gasteiger partial charge in [0.05, 0.1) is 30.7 Å². The van der Waals surface area contributed by atoms with Gasteiger partial charge < -0.3 is 14.4 Å². The van der Waals surface area contributed by atoms with E-state index in [2.05, 4.69) is 4.72 Å². The predicted molar refractivity (Wildman–Crippen MR) is 114 cm³/mol. The SMILES string of the molecule is COc1ccc(CCNS(=O)(=O)c2cc3c4c(c2)[C@H](C)C(=O)N4CCC3)cc1OC. The van der Waals surface area contributed by atoms with Crippen molar-refractivity contribution in [3.8, 4) is 11.5 Å². The largest absolute Gasteiger partial charge is 0.493 e. The van der Waals surface area contributed by atoms with Gasteiger partial charge in [0.2, 0.25) is 15.9 Å². The molecule has 0 aromatic heterocycles. The number of benzene rings is 2. The van der Waals surface area contributed by atoms with Crippen molar-refractivity contribution in [2.24, 2.45) is 0 Å². The van der Waals surface area contributed by atoms with Crippen molar-refractivity contribution in [3.05, 3.63) is 47.0 Å². The molecular formula is C22H26N2O5S. The number of nitrogens with zero attached hydrogens (tertiary/aromatic N) is 1. The molecule has 2 heterocycles. The van der Waals surface area contributed by atoms with E-state index in [0.717, 1.165) is 35.2 Å². The number of nitrogens with one attached hydrogen (secondary N) is 1. The molecule has 2 aromatic carbocycles. The van der Waals surface area contributed by atoms with Gasteiger partial charge in [-0.05, 0) is 67.1 Å². The molecule has 2 aromatic rings. The van der Waals surface area contributed by atoms with Crippen LogP contribution >= 0.6 is 0 Å². The molecule has 2 aliphatic heterocycles. The standard InChI is InChI=1S/C22H26N2O5S/c1-14-18-13-17(12-16-5-4-10-24(21(16)18)22(14)25)30(26,27)23-9-8-15-6-7-19(28-2)20(11-15)29-3/h6-7,11-14,23H,4-5,8-10H2,1-3H3/t14-/m0/s1. The summed E-state index contributed by atoms with van der Waals surface area (Å²) in [5.74, 6) is 0.992. The maximum atomic E-state index is 12.9. The summed E-state index contributed by atoms with van der Waals surface area (Å²) in [6.07, 6.45) is 2.15. The van der Waals surface area contributed by atoms with Crippen molar-refractivity contribution in [3.63, 3.8) is 0 Å². The molecule has 160 valence electrons. The van der Waals surface area contributed by atoms with Crippen molar-refractivity contribution >= 4 is 21.6 Å². The summed E-state index contributed by atoms with van der Waals surface area (Å²) in [5, 5.41) is 0. The molecule has 0 radical (unpaired) electrons. The monoisotopic (exact) mass is 430 g/mol. The van der Waals surface area contributed by atoms with Gasteiger partial charge in [-0.1, -0.05) is 6.07 Å². The van der Waals surface area contributed by atoms with Crippen LogP contribution in [-0.2, 0) is 27.7 Å². The molecular weight excluding hydrogens is 404 g/mol. The minimum absolute atomic E-state index is 0.0573. The molecule has 1 amide bonds. The number of hydrogen-bond acceptors (Lipinski definition) is 5. The molecule has 0 bridgehead atoms. The van der Waals surface area contributed by atoms with Crippen LogP contribution in [0.5, 0.6) is 11.5 Å². The average molecular weight is 431 g/mol. The van der Waals surface area contributed by atoms with Gasteiger partial charge in [-0.3, -0.25) is 4.79 Å². The van der Waals surface area contributed by atoms with Gasteiger partial charge in [-0.15, -0.1) is 0 Å². The highest BCUT2D eigenvalue weighted by Gasteiger charge is 2.38. The van der Waals surface area contributed by atoms with Crippen LogP contribution < -0.4 is 19.1 Å². The zero-order valence-corrected chi connectivity index (χ0v) is 18.2.